The lowest BCUT2D eigenvalue weighted by Crippen LogP contribution is -2.47. The number of aromatic nitrogens is 2. The van der Waals surface area contributed by atoms with Crippen LogP contribution in [0.2, 0.25) is 0 Å². The molecule has 4 rings (SSSR count). The molecule has 1 aliphatic heterocycles. The van der Waals surface area contributed by atoms with Gasteiger partial charge >= 0.3 is 5.69 Å². The van der Waals surface area contributed by atoms with Gasteiger partial charge in [0.1, 0.15) is 11.2 Å². The van der Waals surface area contributed by atoms with Gasteiger partial charge in [0.25, 0.3) is 5.56 Å². The molecule has 0 unspecified atom stereocenters. The van der Waals surface area contributed by atoms with Crippen LogP contribution in [0.1, 0.15) is 65.7 Å². The van der Waals surface area contributed by atoms with Gasteiger partial charge in [-0.25, -0.2) is 4.79 Å². The fraction of sp³-hybridized carbons (Fsp3) is 0.680. The number of nitrogens with zero attached hydrogens (tertiary/aromatic N) is 3. The maximum Gasteiger partial charge on any atom is 0.332 e. The van der Waals surface area contributed by atoms with Gasteiger partial charge in [0.15, 0.2) is 0 Å². The maximum atomic E-state index is 13.5. The molecule has 0 radical (unpaired) electrons. The summed E-state index contributed by atoms with van der Waals surface area (Å²) in [6.45, 7) is 6.97. The molecule has 2 fully saturated rings. The van der Waals surface area contributed by atoms with Crippen LogP contribution in [0.3, 0.4) is 0 Å². The zero-order valence-corrected chi connectivity index (χ0v) is 21.2. The molecule has 0 spiro atoms. The van der Waals surface area contributed by atoms with Crippen molar-refractivity contribution in [2.24, 2.45) is 11.8 Å². The molecule has 186 valence electrons. The Morgan fingerprint density at radius 2 is 1.82 bits per heavy atom. The van der Waals surface area contributed by atoms with Gasteiger partial charge in [-0.2, -0.15) is 0 Å². The summed E-state index contributed by atoms with van der Waals surface area (Å²) in [5.74, 6) is 0.190. The van der Waals surface area contributed by atoms with E-state index in [9.17, 15) is 19.2 Å². The van der Waals surface area contributed by atoms with Crippen LogP contribution in [0.5, 0.6) is 0 Å². The second-order valence-electron chi connectivity index (χ2n) is 10.2. The van der Waals surface area contributed by atoms with Crippen molar-refractivity contribution in [3.05, 3.63) is 32.3 Å². The molecule has 2 aromatic heterocycles. The molecule has 1 N–H and O–H groups in total. The molecule has 2 aromatic rings. The molecule has 1 saturated heterocycles. The van der Waals surface area contributed by atoms with Gasteiger partial charge < -0.3 is 10.2 Å². The van der Waals surface area contributed by atoms with E-state index in [0.717, 1.165) is 51.5 Å². The molecule has 0 aromatic carbocycles. The SMILES string of the molecule is CC(C)NC(=O)C1CCC(Cn2c(=O)c3sccc3n(CC(=O)N3CCCC[C@H]3C)c2=O)CC1. The Morgan fingerprint density at radius 1 is 1.09 bits per heavy atom. The number of carbonyl (C=O) groups excluding carboxylic acids is 2. The lowest BCUT2D eigenvalue weighted by atomic mass is 9.81. The minimum atomic E-state index is -0.409. The summed E-state index contributed by atoms with van der Waals surface area (Å²) in [6.07, 6.45) is 6.20. The van der Waals surface area contributed by atoms with Crippen molar-refractivity contribution in [3.63, 3.8) is 0 Å². The Kier molecular flexibility index (Phi) is 7.60. The molecule has 1 aliphatic carbocycles. The number of carbonyl (C=O) groups is 2. The highest BCUT2D eigenvalue weighted by Crippen LogP contribution is 2.30. The zero-order valence-electron chi connectivity index (χ0n) is 20.4. The third-order valence-corrected chi connectivity index (χ3v) is 8.23. The summed E-state index contributed by atoms with van der Waals surface area (Å²) in [4.78, 5) is 54.0. The van der Waals surface area contributed by atoms with E-state index in [2.05, 4.69) is 12.2 Å². The Morgan fingerprint density at radius 3 is 2.50 bits per heavy atom. The van der Waals surface area contributed by atoms with Gasteiger partial charge in [0.2, 0.25) is 11.8 Å². The molecular formula is C25H36N4O4S. The van der Waals surface area contributed by atoms with E-state index >= 15 is 0 Å². The lowest BCUT2D eigenvalue weighted by Gasteiger charge is -2.33. The number of hydrogen-bond donors (Lipinski definition) is 1. The maximum absolute atomic E-state index is 13.5. The summed E-state index contributed by atoms with van der Waals surface area (Å²) in [7, 11) is 0. The molecule has 1 saturated carbocycles. The normalized spacial score (nSPS) is 23.4. The first-order valence-corrected chi connectivity index (χ1v) is 13.4. The van der Waals surface area contributed by atoms with Crippen molar-refractivity contribution in [2.75, 3.05) is 6.54 Å². The highest BCUT2D eigenvalue weighted by atomic mass is 32.1. The Hall–Kier alpha value is -2.42. The van der Waals surface area contributed by atoms with Gasteiger partial charge in [-0.15, -0.1) is 11.3 Å². The summed E-state index contributed by atoms with van der Waals surface area (Å²) >= 11 is 1.32. The van der Waals surface area contributed by atoms with Gasteiger partial charge in [-0.05, 0) is 83.1 Å². The number of thiophene rings is 1. The zero-order chi connectivity index (χ0) is 24.4. The minimum absolute atomic E-state index is 0.00374. The number of piperidine rings is 1. The number of hydrogen-bond acceptors (Lipinski definition) is 5. The predicted octanol–water partition coefficient (Wildman–Crippen LogP) is 2.96. The van der Waals surface area contributed by atoms with Crippen molar-refractivity contribution in [3.8, 4) is 0 Å². The standard InChI is InChI=1S/C25H36N4O4S/c1-16(2)26-23(31)19-9-7-18(8-10-19)14-29-24(32)22-20(11-13-34-22)28(25(29)33)15-21(30)27-12-5-4-6-17(27)3/h11,13,16-19H,4-10,12,14-15H2,1-3H3,(H,26,31)/t17-,18?,19?/m1/s1. The Labute approximate surface area is 203 Å². The number of likely N-dealkylation sites (tertiary alicyclic amines) is 1. The Balaban J connectivity index is 1.54. The quantitative estimate of drug-likeness (QED) is 0.677. The first-order valence-electron chi connectivity index (χ1n) is 12.6. The van der Waals surface area contributed by atoms with Crippen LogP contribution in [-0.2, 0) is 22.7 Å². The molecular weight excluding hydrogens is 452 g/mol. The second-order valence-corrected chi connectivity index (χ2v) is 11.1. The number of rotatable bonds is 6. The molecule has 1 atom stereocenters. The first-order chi connectivity index (χ1) is 16.3. The van der Waals surface area contributed by atoms with E-state index in [1.165, 1.54) is 20.5 Å². The summed E-state index contributed by atoms with van der Waals surface area (Å²) in [6, 6.07) is 2.05. The van der Waals surface area contributed by atoms with E-state index in [1.807, 2.05) is 18.7 Å². The molecule has 9 heteroatoms. The largest absolute Gasteiger partial charge is 0.354 e. The topological polar surface area (TPSA) is 93.4 Å². The van der Waals surface area contributed by atoms with E-state index in [-0.39, 0.29) is 47.8 Å². The number of amides is 2. The van der Waals surface area contributed by atoms with Crippen LogP contribution in [0.25, 0.3) is 10.2 Å². The summed E-state index contributed by atoms with van der Waals surface area (Å²) in [5.41, 5.74) is -0.137. The van der Waals surface area contributed by atoms with Gasteiger partial charge in [-0.1, -0.05) is 0 Å². The average Bonchev–Trinajstić information content (AvgIpc) is 3.29. The third-order valence-electron chi connectivity index (χ3n) is 7.34. The molecule has 3 heterocycles. The van der Waals surface area contributed by atoms with Crippen molar-refractivity contribution < 1.29 is 9.59 Å². The van der Waals surface area contributed by atoms with Crippen LogP contribution >= 0.6 is 11.3 Å². The number of nitrogens with one attached hydrogen (secondary N) is 1. The highest BCUT2D eigenvalue weighted by molar-refractivity contribution is 7.17. The molecule has 2 aliphatic rings. The average molecular weight is 489 g/mol. The number of fused-ring (bicyclic) bond motifs is 1. The van der Waals surface area contributed by atoms with Crippen LogP contribution in [-0.4, -0.2) is 44.5 Å². The van der Waals surface area contributed by atoms with Crippen molar-refractivity contribution in [1.29, 1.82) is 0 Å². The first kappa shape index (κ1) is 24.7. The summed E-state index contributed by atoms with van der Waals surface area (Å²) < 4.78 is 3.33. The monoisotopic (exact) mass is 488 g/mol. The molecule has 0 bridgehead atoms. The molecule has 8 nitrogen and oxygen atoms in total. The van der Waals surface area contributed by atoms with Crippen molar-refractivity contribution >= 4 is 33.4 Å². The minimum Gasteiger partial charge on any atom is -0.354 e. The van der Waals surface area contributed by atoms with Crippen molar-refractivity contribution in [1.82, 2.24) is 19.4 Å². The lowest BCUT2D eigenvalue weighted by molar-refractivity contribution is -0.135. The Bertz CT molecular complexity index is 1160. The fourth-order valence-corrected chi connectivity index (χ4v) is 6.25. The van der Waals surface area contributed by atoms with Crippen LogP contribution < -0.4 is 16.6 Å². The molecule has 2 amide bonds. The summed E-state index contributed by atoms with van der Waals surface area (Å²) in [5, 5.41) is 4.79. The second kappa shape index (κ2) is 10.5. The van der Waals surface area contributed by atoms with Crippen LogP contribution in [0.15, 0.2) is 21.0 Å². The van der Waals surface area contributed by atoms with Gasteiger partial charge in [-0.3, -0.25) is 23.5 Å². The molecule has 34 heavy (non-hydrogen) atoms. The van der Waals surface area contributed by atoms with Crippen LogP contribution in [0.4, 0.5) is 0 Å². The van der Waals surface area contributed by atoms with Crippen LogP contribution in [0, 0.1) is 11.8 Å². The van der Waals surface area contributed by atoms with E-state index in [4.69, 9.17) is 0 Å². The van der Waals surface area contributed by atoms with Gasteiger partial charge in [0.05, 0.1) is 5.52 Å². The smallest absolute Gasteiger partial charge is 0.332 e. The fourth-order valence-electron chi connectivity index (χ4n) is 5.41. The van der Waals surface area contributed by atoms with Crippen molar-refractivity contribution in [2.45, 2.75) is 90.9 Å². The predicted molar refractivity (Wildman–Crippen MR) is 134 cm³/mol. The third kappa shape index (κ3) is 5.14. The van der Waals surface area contributed by atoms with E-state index < -0.39 is 5.69 Å². The van der Waals surface area contributed by atoms with Gasteiger partial charge in [0, 0.05) is 31.1 Å². The van der Waals surface area contributed by atoms with E-state index in [1.54, 1.807) is 11.4 Å². The van der Waals surface area contributed by atoms with E-state index in [0.29, 0.717) is 16.8 Å². The highest BCUT2D eigenvalue weighted by Gasteiger charge is 2.29.